The molecule has 1 N–H and O–H groups in total. The van der Waals surface area contributed by atoms with Crippen LogP contribution in [0.3, 0.4) is 0 Å². The number of amides is 1. The monoisotopic (exact) mass is 425 g/mol. The predicted molar refractivity (Wildman–Crippen MR) is 113 cm³/mol. The van der Waals surface area contributed by atoms with E-state index < -0.39 is 0 Å². The molecule has 0 unspecified atom stereocenters. The van der Waals surface area contributed by atoms with E-state index in [1.165, 1.54) is 7.11 Å². The highest BCUT2D eigenvalue weighted by Crippen LogP contribution is 2.34. The SMILES string of the molecule is COOSc1ccc(Oc2cc(C(=O)Nc3ccn(C)n3)cc3oc(C)cc23)cc1. The van der Waals surface area contributed by atoms with Crippen LogP contribution >= 0.6 is 12.0 Å². The number of carbonyl (C=O) groups excluding carboxylic acids is 1. The summed E-state index contributed by atoms with van der Waals surface area (Å²) in [6.07, 6.45) is 1.75. The summed E-state index contributed by atoms with van der Waals surface area (Å²) in [6, 6.07) is 14.3. The average molecular weight is 425 g/mol. The van der Waals surface area contributed by atoms with Crippen LogP contribution in [-0.2, 0) is 16.3 Å². The highest BCUT2D eigenvalue weighted by molar-refractivity contribution is 7.94. The van der Waals surface area contributed by atoms with Gasteiger partial charge < -0.3 is 14.5 Å². The molecule has 30 heavy (non-hydrogen) atoms. The third-order valence-electron chi connectivity index (χ3n) is 4.19. The minimum absolute atomic E-state index is 0.307. The number of hydrogen-bond donors (Lipinski definition) is 1. The summed E-state index contributed by atoms with van der Waals surface area (Å²) in [5, 5.41) is 7.72. The predicted octanol–water partition coefficient (Wildman–Crippen LogP) is 5.10. The number of furan rings is 1. The highest BCUT2D eigenvalue weighted by Gasteiger charge is 2.16. The summed E-state index contributed by atoms with van der Waals surface area (Å²) < 4.78 is 18.3. The van der Waals surface area contributed by atoms with Gasteiger partial charge in [0.15, 0.2) is 5.82 Å². The normalized spacial score (nSPS) is 11.0. The van der Waals surface area contributed by atoms with E-state index in [-0.39, 0.29) is 5.91 Å². The van der Waals surface area contributed by atoms with Crippen LogP contribution < -0.4 is 10.1 Å². The van der Waals surface area contributed by atoms with E-state index in [1.54, 1.807) is 48.3 Å². The van der Waals surface area contributed by atoms with Crippen molar-refractivity contribution in [2.45, 2.75) is 11.8 Å². The maximum atomic E-state index is 12.7. The Hall–Kier alpha value is -3.27. The Morgan fingerprint density at radius 1 is 1.17 bits per heavy atom. The number of anilines is 1. The van der Waals surface area contributed by atoms with Gasteiger partial charge in [-0.05, 0) is 49.4 Å². The molecule has 154 valence electrons. The molecule has 2 aromatic heterocycles. The number of rotatable bonds is 7. The van der Waals surface area contributed by atoms with Gasteiger partial charge in [0.25, 0.3) is 5.91 Å². The lowest BCUT2D eigenvalue weighted by atomic mass is 10.1. The molecule has 0 fully saturated rings. The van der Waals surface area contributed by atoms with Crippen molar-refractivity contribution < 1.29 is 23.2 Å². The number of aryl methyl sites for hydroxylation is 2. The van der Waals surface area contributed by atoms with Crippen LogP contribution in [0.4, 0.5) is 5.82 Å². The van der Waals surface area contributed by atoms with E-state index in [1.807, 2.05) is 25.1 Å². The molecule has 0 saturated carbocycles. The Kier molecular flexibility index (Phi) is 5.75. The van der Waals surface area contributed by atoms with Crippen molar-refractivity contribution in [1.29, 1.82) is 0 Å². The van der Waals surface area contributed by atoms with Crippen LogP contribution in [-0.4, -0.2) is 22.8 Å². The Bertz CT molecular complexity index is 1180. The molecule has 0 saturated heterocycles. The molecule has 0 radical (unpaired) electrons. The van der Waals surface area contributed by atoms with Crippen molar-refractivity contribution >= 4 is 34.7 Å². The van der Waals surface area contributed by atoms with Gasteiger partial charge in [-0.1, -0.05) is 0 Å². The van der Waals surface area contributed by atoms with Crippen LogP contribution in [0.15, 0.2) is 64.0 Å². The van der Waals surface area contributed by atoms with Gasteiger partial charge in [-0.2, -0.15) is 9.43 Å². The lowest BCUT2D eigenvalue weighted by Crippen LogP contribution is -2.12. The number of carbonyl (C=O) groups is 1. The summed E-state index contributed by atoms with van der Waals surface area (Å²) in [6.45, 7) is 1.85. The lowest BCUT2D eigenvalue weighted by molar-refractivity contribution is -0.160. The Morgan fingerprint density at radius 3 is 2.67 bits per heavy atom. The van der Waals surface area contributed by atoms with Gasteiger partial charge in [0.1, 0.15) is 22.8 Å². The second-order valence-electron chi connectivity index (χ2n) is 6.46. The van der Waals surface area contributed by atoms with Crippen LogP contribution in [0.1, 0.15) is 16.1 Å². The minimum Gasteiger partial charge on any atom is -0.461 e. The number of aromatic nitrogens is 2. The summed E-state index contributed by atoms with van der Waals surface area (Å²) >= 11 is 1.10. The molecular formula is C21H19N3O5S. The molecular weight excluding hydrogens is 406 g/mol. The van der Waals surface area contributed by atoms with Gasteiger partial charge in [-0.25, -0.2) is 4.89 Å². The topological polar surface area (TPSA) is 87.8 Å². The van der Waals surface area contributed by atoms with Crippen LogP contribution in [0, 0.1) is 6.92 Å². The number of ether oxygens (including phenoxy) is 1. The van der Waals surface area contributed by atoms with Gasteiger partial charge in [0.2, 0.25) is 0 Å². The second kappa shape index (κ2) is 8.62. The largest absolute Gasteiger partial charge is 0.461 e. The Balaban J connectivity index is 1.62. The number of nitrogens with one attached hydrogen (secondary N) is 1. The molecule has 4 aromatic rings. The van der Waals surface area contributed by atoms with Gasteiger partial charge in [0, 0.05) is 29.8 Å². The molecule has 9 heteroatoms. The molecule has 2 heterocycles. The van der Waals surface area contributed by atoms with E-state index in [2.05, 4.69) is 15.3 Å². The van der Waals surface area contributed by atoms with E-state index in [0.29, 0.717) is 28.5 Å². The minimum atomic E-state index is -0.307. The summed E-state index contributed by atoms with van der Waals surface area (Å²) in [5.41, 5.74) is 0.968. The van der Waals surface area contributed by atoms with Gasteiger partial charge in [-0.15, -0.1) is 0 Å². The molecule has 1 amide bonds. The average Bonchev–Trinajstić information content (AvgIpc) is 3.31. The summed E-state index contributed by atoms with van der Waals surface area (Å²) in [5.74, 6) is 2.01. The molecule has 8 nitrogen and oxygen atoms in total. The van der Waals surface area contributed by atoms with Crippen LogP contribution in [0.2, 0.25) is 0 Å². The molecule has 4 rings (SSSR count). The van der Waals surface area contributed by atoms with Gasteiger partial charge >= 0.3 is 0 Å². The van der Waals surface area contributed by atoms with Crippen LogP contribution in [0.25, 0.3) is 11.0 Å². The first-order chi connectivity index (χ1) is 14.5. The van der Waals surface area contributed by atoms with Gasteiger partial charge in [-0.3, -0.25) is 9.48 Å². The number of benzene rings is 2. The Morgan fingerprint density at radius 2 is 1.97 bits per heavy atom. The first-order valence-electron chi connectivity index (χ1n) is 9.02. The molecule has 0 bridgehead atoms. The van der Waals surface area contributed by atoms with E-state index in [0.717, 1.165) is 28.1 Å². The second-order valence-corrected chi connectivity index (χ2v) is 7.24. The fourth-order valence-electron chi connectivity index (χ4n) is 2.88. The molecule has 0 aliphatic rings. The first-order valence-corrected chi connectivity index (χ1v) is 9.76. The number of nitrogens with zero attached hydrogens (tertiary/aromatic N) is 2. The zero-order valence-corrected chi connectivity index (χ0v) is 17.4. The van der Waals surface area contributed by atoms with Crippen molar-refractivity contribution in [2.75, 3.05) is 12.4 Å². The van der Waals surface area contributed by atoms with Gasteiger partial charge in [0.05, 0.1) is 24.5 Å². The molecule has 0 atom stereocenters. The quantitative estimate of drug-likeness (QED) is 0.250. The third kappa shape index (κ3) is 4.48. The smallest absolute Gasteiger partial charge is 0.257 e. The number of fused-ring (bicyclic) bond motifs is 1. The number of hydrogen-bond acceptors (Lipinski definition) is 7. The third-order valence-corrected chi connectivity index (χ3v) is 4.86. The molecule has 0 aliphatic carbocycles. The lowest BCUT2D eigenvalue weighted by Gasteiger charge is -2.10. The molecule has 2 aromatic carbocycles. The fraction of sp³-hybridized carbons (Fsp3) is 0.143. The van der Waals surface area contributed by atoms with Crippen molar-refractivity contribution in [1.82, 2.24) is 9.78 Å². The standard InChI is InChI=1S/C21H19N3O5S/c1-13-10-17-18(27-13)11-14(21(25)22-20-8-9-24(2)23-20)12-19(17)28-15-4-6-16(7-5-15)30-29-26-3/h4-12H,1-3H3,(H,22,23,25). The fourth-order valence-corrected chi connectivity index (χ4v) is 3.28. The van der Waals surface area contributed by atoms with E-state index in [9.17, 15) is 4.79 Å². The zero-order valence-electron chi connectivity index (χ0n) is 16.5. The van der Waals surface area contributed by atoms with E-state index >= 15 is 0 Å². The van der Waals surface area contributed by atoms with Crippen molar-refractivity contribution in [3.05, 3.63) is 66.1 Å². The van der Waals surface area contributed by atoms with E-state index in [4.69, 9.17) is 13.5 Å². The maximum absolute atomic E-state index is 12.7. The maximum Gasteiger partial charge on any atom is 0.257 e. The summed E-state index contributed by atoms with van der Waals surface area (Å²) in [7, 11) is 3.23. The van der Waals surface area contributed by atoms with Crippen LogP contribution in [0.5, 0.6) is 11.5 Å². The molecule has 0 spiro atoms. The Labute approximate surface area is 176 Å². The first kappa shape index (κ1) is 20.0. The van der Waals surface area contributed by atoms with Crippen molar-refractivity contribution in [3.8, 4) is 11.5 Å². The van der Waals surface area contributed by atoms with Crippen molar-refractivity contribution in [2.24, 2.45) is 7.05 Å². The summed E-state index contributed by atoms with van der Waals surface area (Å²) in [4.78, 5) is 18.2. The highest BCUT2D eigenvalue weighted by atomic mass is 32.2. The van der Waals surface area contributed by atoms with Crippen molar-refractivity contribution in [3.63, 3.8) is 0 Å². The zero-order chi connectivity index (χ0) is 21.1. The molecule has 0 aliphatic heterocycles.